The molecule has 0 bridgehead atoms. The zero-order valence-electron chi connectivity index (χ0n) is 6.88. The molecule has 0 fully saturated rings. The molecule has 0 saturated carbocycles. The molecule has 0 heterocycles. The van der Waals surface area contributed by atoms with Gasteiger partial charge in [0.25, 0.3) is 0 Å². The molecule has 12 heavy (non-hydrogen) atoms. The van der Waals surface area contributed by atoms with Gasteiger partial charge in [0.1, 0.15) is 5.75 Å². The predicted octanol–water partition coefficient (Wildman–Crippen LogP) is 2.18. The summed E-state index contributed by atoms with van der Waals surface area (Å²) in [5.41, 5.74) is 0.894. The molecule has 0 aliphatic carbocycles. The molecule has 0 saturated heterocycles. The molecule has 0 aliphatic heterocycles. The summed E-state index contributed by atoms with van der Waals surface area (Å²) in [4.78, 5) is 0. The van der Waals surface area contributed by atoms with E-state index in [1.807, 2.05) is 25.1 Å². The Hall–Kier alpha value is -0.290. The van der Waals surface area contributed by atoms with Crippen molar-refractivity contribution in [2.75, 3.05) is 6.61 Å². The Morgan fingerprint density at radius 2 is 2.17 bits per heavy atom. The van der Waals surface area contributed by atoms with Crippen LogP contribution in [0.4, 0.5) is 0 Å². The molecule has 1 rings (SSSR count). The van der Waals surface area contributed by atoms with Gasteiger partial charge < -0.3 is 9.84 Å². The molecule has 0 unspecified atom stereocenters. The summed E-state index contributed by atoms with van der Waals surface area (Å²) in [5, 5.41) is 8.90. The standard InChI is InChI=1S/C9H11IO2/c1-2-12-9-4-7(6-11)3-8(10)5-9/h3-5,11H,2,6H2,1H3. The second-order valence-electron chi connectivity index (χ2n) is 2.39. The fraction of sp³-hybridized carbons (Fsp3) is 0.333. The van der Waals surface area contributed by atoms with Gasteiger partial charge in [-0.1, -0.05) is 0 Å². The lowest BCUT2D eigenvalue weighted by molar-refractivity contribution is 0.280. The van der Waals surface area contributed by atoms with E-state index in [1.165, 1.54) is 0 Å². The summed E-state index contributed by atoms with van der Waals surface area (Å²) in [6.45, 7) is 2.67. The van der Waals surface area contributed by atoms with E-state index in [0.29, 0.717) is 6.61 Å². The number of ether oxygens (including phenoxy) is 1. The Morgan fingerprint density at radius 3 is 2.75 bits per heavy atom. The van der Waals surface area contributed by atoms with Gasteiger partial charge in [-0.15, -0.1) is 0 Å². The van der Waals surface area contributed by atoms with Crippen LogP contribution in [0.1, 0.15) is 12.5 Å². The van der Waals surface area contributed by atoms with Crippen LogP contribution < -0.4 is 4.74 Å². The highest BCUT2D eigenvalue weighted by atomic mass is 127. The highest BCUT2D eigenvalue weighted by molar-refractivity contribution is 14.1. The molecule has 0 radical (unpaired) electrons. The van der Waals surface area contributed by atoms with Crippen LogP contribution in [-0.4, -0.2) is 11.7 Å². The van der Waals surface area contributed by atoms with Gasteiger partial charge in [0.2, 0.25) is 0 Å². The lowest BCUT2D eigenvalue weighted by Gasteiger charge is -2.05. The molecule has 3 heteroatoms. The van der Waals surface area contributed by atoms with Crippen LogP contribution in [0.5, 0.6) is 5.75 Å². The van der Waals surface area contributed by atoms with E-state index in [1.54, 1.807) is 0 Å². The van der Waals surface area contributed by atoms with Gasteiger partial charge in [0.05, 0.1) is 13.2 Å². The topological polar surface area (TPSA) is 29.5 Å². The van der Waals surface area contributed by atoms with Gasteiger partial charge >= 0.3 is 0 Å². The maximum absolute atomic E-state index is 8.90. The number of rotatable bonds is 3. The molecule has 1 aromatic rings. The first-order valence-electron chi connectivity index (χ1n) is 3.79. The fourth-order valence-corrected chi connectivity index (χ4v) is 1.67. The van der Waals surface area contributed by atoms with E-state index in [4.69, 9.17) is 9.84 Å². The summed E-state index contributed by atoms with van der Waals surface area (Å²) in [5.74, 6) is 0.827. The van der Waals surface area contributed by atoms with Crippen molar-refractivity contribution >= 4 is 22.6 Å². The molecule has 0 aromatic heterocycles. The maximum Gasteiger partial charge on any atom is 0.120 e. The molecule has 2 nitrogen and oxygen atoms in total. The van der Waals surface area contributed by atoms with Gasteiger partial charge in [-0.3, -0.25) is 0 Å². The Morgan fingerprint density at radius 1 is 1.42 bits per heavy atom. The first kappa shape index (κ1) is 9.80. The number of hydrogen-bond acceptors (Lipinski definition) is 2. The van der Waals surface area contributed by atoms with Crippen LogP contribution in [0.2, 0.25) is 0 Å². The normalized spacial score (nSPS) is 9.92. The summed E-state index contributed by atoms with van der Waals surface area (Å²) in [7, 11) is 0. The molecule has 0 spiro atoms. The van der Waals surface area contributed by atoms with E-state index in [2.05, 4.69) is 22.6 Å². The van der Waals surface area contributed by atoms with E-state index in [9.17, 15) is 0 Å². The predicted molar refractivity (Wildman–Crippen MR) is 56.3 cm³/mol. The SMILES string of the molecule is CCOc1cc(I)cc(CO)c1. The van der Waals surface area contributed by atoms with Crippen molar-refractivity contribution in [2.24, 2.45) is 0 Å². The maximum atomic E-state index is 8.90. The monoisotopic (exact) mass is 278 g/mol. The van der Waals surface area contributed by atoms with Crippen molar-refractivity contribution in [3.05, 3.63) is 27.3 Å². The van der Waals surface area contributed by atoms with Crippen LogP contribution in [0.15, 0.2) is 18.2 Å². The molecule has 1 N–H and O–H groups in total. The van der Waals surface area contributed by atoms with Crippen molar-refractivity contribution in [3.63, 3.8) is 0 Å². The molecule has 0 aliphatic rings. The molecule has 66 valence electrons. The highest BCUT2D eigenvalue weighted by Crippen LogP contribution is 2.18. The highest BCUT2D eigenvalue weighted by Gasteiger charge is 1.98. The minimum absolute atomic E-state index is 0.0664. The quantitative estimate of drug-likeness (QED) is 0.859. The van der Waals surface area contributed by atoms with Crippen molar-refractivity contribution < 1.29 is 9.84 Å². The Balaban J connectivity index is 2.90. The second-order valence-corrected chi connectivity index (χ2v) is 3.63. The Kier molecular flexibility index (Phi) is 3.81. The molecular formula is C9H11IO2. The first-order valence-corrected chi connectivity index (χ1v) is 4.87. The lowest BCUT2D eigenvalue weighted by Crippen LogP contribution is -1.93. The molecule has 0 atom stereocenters. The largest absolute Gasteiger partial charge is 0.494 e. The number of aliphatic hydroxyl groups excluding tert-OH is 1. The van der Waals surface area contributed by atoms with Crippen molar-refractivity contribution in [1.82, 2.24) is 0 Å². The summed E-state index contributed by atoms with van der Waals surface area (Å²) < 4.78 is 6.40. The smallest absolute Gasteiger partial charge is 0.120 e. The van der Waals surface area contributed by atoms with Crippen molar-refractivity contribution in [2.45, 2.75) is 13.5 Å². The van der Waals surface area contributed by atoms with E-state index >= 15 is 0 Å². The van der Waals surface area contributed by atoms with E-state index in [0.717, 1.165) is 14.9 Å². The summed E-state index contributed by atoms with van der Waals surface area (Å²) in [6, 6.07) is 5.73. The lowest BCUT2D eigenvalue weighted by atomic mass is 10.2. The van der Waals surface area contributed by atoms with Gasteiger partial charge in [0, 0.05) is 3.57 Å². The molecular weight excluding hydrogens is 267 g/mol. The minimum atomic E-state index is 0.0664. The third kappa shape index (κ3) is 2.64. The average Bonchev–Trinajstić information content (AvgIpc) is 2.04. The van der Waals surface area contributed by atoms with Gasteiger partial charge in [0.15, 0.2) is 0 Å². The Bertz CT molecular complexity index is 261. The van der Waals surface area contributed by atoms with E-state index < -0.39 is 0 Å². The van der Waals surface area contributed by atoms with Crippen LogP contribution >= 0.6 is 22.6 Å². The van der Waals surface area contributed by atoms with Crippen LogP contribution in [0, 0.1) is 3.57 Å². The number of hydrogen-bond donors (Lipinski definition) is 1. The third-order valence-corrected chi connectivity index (χ3v) is 2.05. The average molecular weight is 278 g/mol. The second kappa shape index (κ2) is 4.67. The van der Waals surface area contributed by atoms with Crippen LogP contribution in [-0.2, 0) is 6.61 Å². The third-order valence-electron chi connectivity index (χ3n) is 1.42. The Labute approximate surface area is 85.7 Å². The first-order chi connectivity index (χ1) is 5.76. The summed E-state index contributed by atoms with van der Waals surface area (Å²) >= 11 is 2.20. The zero-order chi connectivity index (χ0) is 8.97. The van der Waals surface area contributed by atoms with Gasteiger partial charge in [-0.05, 0) is 53.3 Å². The fourth-order valence-electron chi connectivity index (χ4n) is 0.962. The van der Waals surface area contributed by atoms with E-state index in [-0.39, 0.29) is 6.61 Å². The van der Waals surface area contributed by atoms with Crippen LogP contribution in [0.3, 0.4) is 0 Å². The van der Waals surface area contributed by atoms with Crippen molar-refractivity contribution in [3.8, 4) is 5.75 Å². The summed E-state index contributed by atoms with van der Waals surface area (Å²) in [6.07, 6.45) is 0. The molecule has 0 amide bonds. The van der Waals surface area contributed by atoms with Gasteiger partial charge in [-0.2, -0.15) is 0 Å². The van der Waals surface area contributed by atoms with Gasteiger partial charge in [-0.25, -0.2) is 0 Å². The number of aliphatic hydroxyl groups is 1. The van der Waals surface area contributed by atoms with Crippen molar-refractivity contribution in [1.29, 1.82) is 0 Å². The number of benzene rings is 1. The minimum Gasteiger partial charge on any atom is -0.494 e. The zero-order valence-corrected chi connectivity index (χ0v) is 9.04. The van der Waals surface area contributed by atoms with Crippen LogP contribution in [0.25, 0.3) is 0 Å². The number of halogens is 1. The molecule has 1 aromatic carbocycles.